The summed E-state index contributed by atoms with van der Waals surface area (Å²) in [5.74, 6) is -1.35. The first-order valence-corrected chi connectivity index (χ1v) is 5.08. The van der Waals surface area contributed by atoms with Crippen LogP contribution in [-0.2, 0) is 9.53 Å². The Morgan fingerprint density at radius 1 is 1.06 bits per heavy atom. The predicted octanol–water partition coefficient (Wildman–Crippen LogP) is -1.03. The van der Waals surface area contributed by atoms with Gasteiger partial charge in [0.15, 0.2) is 6.10 Å². The van der Waals surface area contributed by atoms with E-state index in [1.165, 1.54) is 0 Å². The smallest absolute Gasteiger partial charge is 0.335 e. The molecular weight excluding hydrogens is 216 g/mol. The fourth-order valence-electron chi connectivity index (χ4n) is 1.80. The predicted molar refractivity (Wildman–Crippen MR) is 53.8 cm³/mol. The van der Waals surface area contributed by atoms with Crippen LogP contribution in [0.25, 0.3) is 0 Å². The Morgan fingerprint density at radius 3 is 1.94 bits per heavy atom. The highest BCUT2D eigenvalue weighted by atomic mass is 16.6. The Labute approximate surface area is 93.5 Å². The fourth-order valence-corrected chi connectivity index (χ4v) is 1.80. The third kappa shape index (κ3) is 2.35. The number of hydrogen-bond acceptors (Lipinski definition) is 5. The first kappa shape index (κ1) is 13.4. The van der Waals surface area contributed by atoms with Gasteiger partial charge >= 0.3 is 5.97 Å². The molecule has 0 unspecified atom stereocenters. The summed E-state index contributed by atoms with van der Waals surface area (Å²) in [5.41, 5.74) is -0.533. The third-order valence-electron chi connectivity index (χ3n) is 2.71. The fraction of sp³-hybridized carbons (Fsp3) is 0.900. The van der Waals surface area contributed by atoms with Gasteiger partial charge in [0, 0.05) is 0 Å². The van der Waals surface area contributed by atoms with Crippen molar-refractivity contribution in [2.45, 2.75) is 51.3 Å². The third-order valence-corrected chi connectivity index (χ3v) is 2.71. The average molecular weight is 234 g/mol. The van der Waals surface area contributed by atoms with E-state index in [-0.39, 0.29) is 0 Å². The molecule has 0 saturated carbocycles. The summed E-state index contributed by atoms with van der Waals surface area (Å²) < 4.78 is 5.15. The Hall–Kier alpha value is -0.690. The number of aliphatic hydroxyl groups is 3. The van der Waals surface area contributed by atoms with Gasteiger partial charge in [0.1, 0.15) is 18.3 Å². The van der Waals surface area contributed by atoms with Crippen LogP contribution in [0.5, 0.6) is 0 Å². The Bertz CT molecular complexity index is 271. The van der Waals surface area contributed by atoms with Crippen LogP contribution in [0, 0.1) is 5.41 Å². The number of aliphatic carboxylic acids is 1. The van der Waals surface area contributed by atoms with E-state index >= 15 is 0 Å². The summed E-state index contributed by atoms with van der Waals surface area (Å²) in [7, 11) is 0. The van der Waals surface area contributed by atoms with Gasteiger partial charge in [-0.3, -0.25) is 0 Å². The van der Waals surface area contributed by atoms with Crippen LogP contribution >= 0.6 is 0 Å². The van der Waals surface area contributed by atoms with Gasteiger partial charge in [0.2, 0.25) is 0 Å². The second-order valence-corrected chi connectivity index (χ2v) is 5.15. The molecule has 6 nitrogen and oxygen atoms in total. The van der Waals surface area contributed by atoms with E-state index in [1.807, 2.05) is 0 Å². The standard InChI is InChI=1S/C10H18O6/c1-10(2,3)8-6(13)4(11)5(12)7(16-8)9(14)15/h4-8,11-13H,1-3H3,(H,14,15)/t4-,5+,6+,7+,8+/m0/s1. The first-order valence-electron chi connectivity index (χ1n) is 5.08. The van der Waals surface area contributed by atoms with Crippen molar-refractivity contribution in [3.63, 3.8) is 0 Å². The van der Waals surface area contributed by atoms with Crippen LogP contribution in [0.3, 0.4) is 0 Å². The number of carboxylic acid groups (broad SMARTS) is 1. The molecule has 0 aliphatic carbocycles. The van der Waals surface area contributed by atoms with Gasteiger partial charge < -0.3 is 25.2 Å². The molecule has 0 aromatic carbocycles. The lowest BCUT2D eigenvalue weighted by atomic mass is 9.80. The molecule has 94 valence electrons. The average Bonchev–Trinajstić information content (AvgIpc) is 2.11. The Balaban J connectivity index is 2.94. The van der Waals surface area contributed by atoms with Gasteiger partial charge in [-0.15, -0.1) is 0 Å². The maximum Gasteiger partial charge on any atom is 0.335 e. The molecule has 0 aromatic rings. The lowest BCUT2D eigenvalue weighted by Gasteiger charge is -2.44. The zero-order valence-corrected chi connectivity index (χ0v) is 9.49. The normalized spacial score (nSPS) is 40.8. The van der Waals surface area contributed by atoms with Crippen molar-refractivity contribution in [3.8, 4) is 0 Å². The van der Waals surface area contributed by atoms with Gasteiger partial charge in [0.05, 0.1) is 6.10 Å². The minimum atomic E-state index is -1.62. The van der Waals surface area contributed by atoms with E-state index in [1.54, 1.807) is 20.8 Å². The number of carbonyl (C=O) groups is 1. The van der Waals surface area contributed by atoms with Crippen molar-refractivity contribution in [3.05, 3.63) is 0 Å². The highest BCUT2D eigenvalue weighted by Crippen LogP contribution is 2.32. The molecule has 0 aromatic heterocycles. The summed E-state index contributed by atoms with van der Waals surface area (Å²) in [4.78, 5) is 10.8. The lowest BCUT2D eigenvalue weighted by molar-refractivity contribution is -0.246. The van der Waals surface area contributed by atoms with E-state index in [0.717, 1.165) is 0 Å². The largest absolute Gasteiger partial charge is 0.479 e. The van der Waals surface area contributed by atoms with Crippen molar-refractivity contribution in [1.82, 2.24) is 0 Å². The molecule has 0 radical (unpaired) electrons. The molecule has 5 atom stereocenters. The molecule has 1 saturated heterocycles. The summed E-state index contributed by atoms with van der Waals surface area (Å²) in [5, 5.41) is 37.5. The van der Waals surface area contributed by atoms with Gasteiger partial charge in [-0.25, -0.2) is 4.79 Å². The molecule has 1 aliphatic heterocycles. The minimum Gasteiger partial charge on any atom is -0.479 e. The van der Waals surface area contributed by atoms with Crippen molar-refractivity contribution in [1.29, 1.82) is 0 Å². The van der Waals surface area contributed by atoms with E-state index < -0.39 is 41.9 Å². The summed E-state index contributed by atoms with van der Waals surface area (Å²) in [6.45, 7) is 5.26. The van der Waals surface area contributed by atoms with Gasteiger partial charge in [-0.05, 0) is 5.41 Å². The molecule has 1 rings (SSSR count). The van der Waals surface area contributed by atoms with E-state index in [4.69, 9.17) is 9.84 Å². The van der Waals surface area contributed by atoms with Gasteiger partial charge in [0.25, 0.3) is 0 Å². The minimum absolute atomic E-state index is 0.533. The SMILES string of the molecule is CC(C)(C)[C@@H]1O[C@@H](C(=O)O)[C@H](O)[C@H](O)[C@H]1O. The summed E-state index contributed by atoms with van der Waals surface area (Å²) >= 11 is 0. The van der Waals surface area contributed by atoms with Crippen molar-refractivity contribution >= 4 is 5.97 Å². The van der Waals surface area contributed by atoms with Crippen LogP contribution in [0.15, 0.2) is 0 Å². The highest BCUT2D eigenvalue weighted by molar-refractivity contribution is 5.73. The molecule has 16 heavy (non-hydrogen) atoms. The van der Waals surface area contributed by atoms with Gasteiger partial charge in [-0.1, -0.05) is 20.8 Å². The van der Waals surface area contributed by atoms with Crippen molar-refractivity contribution in [2.75, 3.05) is 0 Å². The number of aliphatic hydroxyl groups excluding tert-OH is 3. The zero-order chi connectivity index (χ0) is 12.7. The maximum absolute atomic E-state index is 10.8. The van der Waals surface area contributed by atoms with E-state index in [2.05, 4.69) is 0 Å². The van der Waals surface area contributed by atoms with E-state index in [9.17, 15) is 20.1 Å². The highest BCUT2D eigenvalue weighted by Gasteiger charge is 2.50. The number of carboxylic acids is 1. The second kappa shape index (κ2) is 4.29. The van der Waals surface area contributed by atoms with Crippen LogP contribution in [0.1, 0.15) is 20.8 Å². The van der Waals surface area contributed by atoms with Crippen LogP contribution in [-0.4, -0.2) is 56.9 Å². The quantitative estimate of drug-likeness (QED) is 0.462. The monoisotopic (exact) mass is 234 g/mol. The molecule has 0 amide bonds. The molecule has 1 heterocycles. The van der Waals surface area contributed by atoms with Gasteiger partial charge in [-0.2, -0.15) is 0 Å². The van der Waals surface area contributed by atoms with Crippen molar-refractivity contribution in [2.24, 2.45) is 5.41 Å². The molecule has 6 heteroatoms. The van der Waals surface area contributed by atoms with E-state index in [0.29, 0.717) is 0 Å². The lowest BCUT2D eigenvalue weighted by Crippen LogP contribution is -2.62. The summed E-state index contributed by atoms with van der Waals surface area (Å²) in [6.07, 6.45) is -6.79. The Kier molecular flexibility index (Phi) is 3.59. The molecule has 0 spiro atoms. The van der Waals surface area contributed by atoms with Crippen LogP contribution in [0.4, 0.5) is 0 Å². The number of ether oxygens (including phenoxy) is 1. The zero-order valence-electron chi connectivity index (χ0n) is 9.49. The first-order chi connectivity index (χ1) is 7.16. The Morgan fingerprint density at radius 2 is 1.56 bits per heavy atom. The molecule has 1 fully saturated rings. The molecular formula is C10H18O6. The maximum atomic E-state index is 10.8. The molecule has 0 bridgehead atoms. The summed E-state index contributed by atoms with van der Waals surface area (Å²) in [6, 6.07) is 0. The molecule has 1 aliphatic rings. The van der Waals surface area contributed by atoms with Crippen LogP contribution in [0.2, 0.25) is 0 Å². The second-order valence-electron chi connectivity index (χ2n) is 5.15. The topological polar surface area (TPSA) is 107 Å². The molecule has 4 N–H and O–H groups in total. The number of hydrogen-bond donors (Lipinski definition) is 4. The van der Waals surface area contributed by atoms with Crippen molar-refractivity contribution < 1.29 is 30.0 Å². The van der Waals surface area contributed by atoms with Crippen LogP contribution < -0.4 is 0 Å². The number of rotatable bonds is 1.